The largest absolute Gasteiger partial charge is 0.294 e. The number of benzene rings is 1. The van der Waals surface area contributed by atoms with E-state index >= 15 is 0 Å². The van der Waals surface area contributed by atoms with Gasteiger partial charge in [0.15, 0.2) is 5.78 Å². The highest BCUT2D eigenvalue weighted by Crippen LogP contribution is 2.29. The first-order valence-corrected chi connectivity index (χ1v) is 5.34. The highest BCUT2D eigenvalue weighted by molar-refractivity contribution is 6.03. The molecule has 15 heavy (non-hydrogen) atoms. The third-order valence-electron chi connectivity index (χ3n) is 2.37. The van der Waals surface area contributed by atoms with E-state index in [1.165, 1.54) is 0 Å². The molecule has 0 unspecified atom stereocenters. The normalized spacial score (nSPS) is 13.5. The van der Waals surface area contributed by atoms with Gasteiger partial charge in [-0.15, -0.1) is 5.73 Å². The van der Waals surface area contributed by atoms with Gasteiger partial charge >= 0.3 is 0 Å². The van der Waals surface area contributed by atoms with Crippen molar-refractivity contribution in [3.05, 3.63) is 47.7 Å². The molecule has 1 aromatic carbocycles. The van der Waals surface area contributed by atoms with Gasteiger partial charge in [-0.2, -0.15) is 0 Å². The number of fused-ring (bicyclic) bond motifs is 1. The van der Waals surface area contributed by atoms with Crippen LogP contribution in [-0.2, 0) is 0 Å². The molecule has 0 radical (unpaired) electrons. The molecule has 78 valence electrons. The van der Waals surface area contributed by atoms with Crippen molar-refractivity contribution >= 4 is 11.4 Å². The lowest BCUT2D eigenvalue weighted by Crippen LogP contribution is -2.08. The second-order valence-corrected chi connectivity index (χ2v) is 3.12. The van der Waals surface area contributed by atoms with Gasteiger partial charge in [-0.25, -0.2) is 0 Å². The van der Waals surface area contributed by atoms with Crippen LogP contribution in [0.5, 0.6) is 0 Å². The minimum atomic E-state index is 0.231. The van der Waals surface area contributed by atoms with Gasteiger partial charge in [0.25, 0.3) is 0 Å². The summed E-state index contributed by atoms with van der Waals surface area (Å²) in [6.45, 7) is 7.63. The van der Waals surface area contributed by atoms with Crippen LogP contribution in [0.3, 0.4) is 0 Å². The molecule has 1 aliphatic carbocycles. The van der Waals surface area contributed by atoms with E-state index in [0.717, 1.165) is 23.1 Å². The van der Waals surface area contributed by atoms with Crippen LogP contribution in [0, 0.1) is 0 Å². The monoisotopic (exact) mass is 200 g/mol. The molecule has 0 aliphatic heterocycles. The lowest BCUT2D eigenvalue weighted by Gasteiger charge is -2.15. The minimum absolute atomic E-state index is 0.231. The minimum Gasteiger partial charge on any atom is -0.294 e. The molecule has 0 saturated carbocycles. The van der Waals surface area contributed by atoms with Crippen molar-refractivity contribution in [3.63, 3.8) is 0 Å². The lowest BCUT2D eigenvalue weighted by atomic mass is 9.87. The van der Waals surface area contributed by atoms with Crippen molar-refractivity contribution in [1.29, 1.82) is 0 Å². The molecule has 0 bridgehead atoms. The van der Waals surface area contributed by atoms with Gasteiger partial charge in [0.2, 0.25) is 0 Å². The second-order valence-electron chi connectivity index (χ2n) is 3.12. The molecule has 0 heterocycles. The summed E-state index contributed by atoms with van der Waals surface area (Å²) in [6, 6.07) is 7.66. The Morgan fingerprint density at radius 3 is 2.33 bits per heavy atom. The molecule has 0 N–H and O–H groups in total. The first-order valence-electron chi connectivity index (χ1n) is 5.34. The maximum Gasteiger partial charge on any atom is 0.163 e. The van der Waals surface area contributed by atoms with Crippen LogP contribution in [0.15, 0.2) is 36.6 Å². The number of carbonyl (C=O) groups is 1. The molecular weight excluding hydrogens is 184 g/mol. The molecular formula is C14H16O. The summed E-state index contributed by atoms with van der Waals surface area (Å²) in [5, 5.41) is 0. The fourth-order valence-electron chi connectivity index (χ4n) is 1.68. The van der Waals surface area contributed by atoms with Gasteiger partial charge in [0.1, 0.15) is 0 Å². The van der Waals surface area contributed by atoms with E-state index in [9.17, 15) is 4.79 Å². The molecule has 1 nitrogen and oxygen atoms in total. The van der Waals surface area contributed by atoms with Gasteiger partial charge in [0.05, 0.1) is 0 Å². The van der Waals surface area contributed by atoms with Crippen LogP contribution in [0.4, 0.5) is 0 Å². The van der Waals surface area contributed by atoms with Crippen LogP contribution in [0.25, 0.3) is 5.57 Å². The average Bonchev–Trinajstić information content (AvgIpc) is 2.33. The summed E-state index contributed by atoms with van der Waals surface area (Å²) in [5.41, 5.74) is 5.79. The molecule has 0 spiro atoms. The number of Topliss-reactive ketones (excluding diaryl/α,β-unsaturated/α-hetero) is 1. The fraction of sp³-hybridized carbons (Fsp3) is 0.286. The van der Waals surface area contributed by atoms with Gasteiger partial charge in [-0.3, -0.25) is 4.79 Å². The van der Waals surface area contributed by atoms with Crippen molar-refractivity contribution in [3.8, 4) is 0 Å². The van der Waals surface area contributed by atoms with Crippen LogP contribution >= 0.6 is 0 Å². The van der Waals surface area contributed by atoms with Gasteiger partial charge < -0.3 is 0 Å². The highest BCUT2D eigenvalue weighted by atomic mass is 16.1. The van der Waals surface area contributed by atoms with Gasteiger partial charge in [0, 0.05) is 17.6 Å². The summed E-state index contributed by atoms with van der Waals surface area (Å²) >= 11 is 0. The SMILES string of the molecule is C=C=C1CCC(=O)c2ccccc21.CC. The maximum absolute atomic E-state index is 11.5. The molecule has 0 fully saturated rings. The third-order valence-corrected chi connectivity index (χ3v) is 2.37. The first-order chi connectivity index (χ1) is 7.33. The van der Waals surface area contributed by atoms with E-state index in [1.807, 2.05) is 38.1 Å². The van der Waals surface area contributed by atoms with Crippen molar-refractivity contribution in [2.45, 2.75) is 26.7 Å². The standard InChI is InChI=1S/C12H10O.C2H6/c1-2-9-7-8-12(13)11-6-4-3-5-10(9)11;1-2/h3-6H,1,7-8H2;1-2H3. The zero-order valence-corrected chi connectivity index (χ0v) is 9.34. The van der Waals surface area contributed by atoms with Crippen molar-refractivity contribution in [2.24, 2.45) is 0 Å². The lowest BCUT2D eigenvalue weighted by molar-refractivity contribution is 0.0981. The highest BCUT2D eigenvalue weighted by Gasteiger charge is 2.19. The quantitative estimate of drug-likeness (QED) is 0.581. The molecule has 1 aromatic rings. The van der Waals surface area contributed by atoms with Crippen molar-refractivity contribution in [2.75, 3.05) is 0 Å². The van der Waals surface area contributed by atoms with Crippen LogP contribution < -0.4 is 0 Å². The van der Waals surface area contributed by atoms with E-state index in [4.69, 9.17) is 0 Å². The summed E-state index contributed by atoms with van der Waals surface area (Å²) in [4.78, 5) is 11.5. The number of ketones is 1. The van der Waals surface area contributed by atoms with E-state index < -0.39 is 0 Å². The number of hydrogen-bond donors (Lipinski definition) is 0. The Hall–Kier alpha value is -1.59. The van der Waals surface area contributed by atoms with E-state index in [2.05, 4.69) is 12.3 Å². The third kappa shape index (κ3) is 2.26. The molecule has 0 atom stereocenters. The van der Waals surface area contributed by atoms with Crippen molar-refractivity contribution < 1.29 is 4.79 Å². The summed E-state index contributed by atoms with van der Waals surface area (Å²) in [5.74, 6) is 0.231. The Morgan fingerprint density at radius 2 is 1.73 bits per heavy atom. The van der Waals surface area contributed by atoms with Crippen LogP contribution in [0.2, 0.25) is 0 Å². The fourth-order valence-corrected chi connectivity index (χ4v) is 1.68. The smallest absolute Gasteiger partial charge is 0.163 e. The Kier molecular flexibility index (Phi) is 4.08. The summed E-state index contributed by atoms with van der Waals surface area (Å²) in [6.07, 6.45) is 1.37. The zero-order valence-electron chi connectivity index (χ0n) is 9.34. The Balaban J connectivity index is 0.000000531. The van der Waals surface area contributed by atoms with Crippen LogP contribution in [-0.4, -0.2) is 5.78 Å². The molecule has 1 heteroatoms. The molecule has 2 rings (SSSR count). The molecule has 0 amide bonds. The number of allylic oxidation sites excluding steroid dienone is 1. The Labute approximate surface area is 91.1 Å². The second kappa shape index (κ2) is 5.33. The molecule has 0 aromatic heterocycles. The summed E-state index contributed by atoms with van der Waals surface area (Å²) < 4.78 is 0. The van der Waals surface area contributed by atoms with E-state index in [0.29, 0.717) is 6.42 Å². The Morgan fingerprint density at radius 1 is 1.13 bits per heavy atom. The Bertz CT molecular complexity index is 409. The number of rotatable bonds is 0. The number of hydrogen-bond acceptors (Lipinski definition) is 1. The van der Waals surface area contributed by atoms with Gasteiger partial charge in [-0.05, 0) is 12.0 Å². The first kappa shape index (κ1) is 11.5. The predicted molar refractivity (Wildman–Crippen MR) is 63.9 cm³/mol. The summed E-state index contributed by atoms with van der Waals surface area (Å²) in [7, 11) is 0. The van der Waals surface area contributed by atoms with Gasteiger partial charge in [-0.1, -0.05) is 44.7 Å². The zero-order chi connectivity index (χ0) is 11.3. The number of carbonyl (C=O) groups excluding carboxylic acids is 1. The van der Waals surface area contributed by atoms with Crippen molar-refractivity contribution in [1.82, 2.24) is 0 Å². The van der Waals surface area contributed by atoms with Crippen LogP contribution in [0.1, 0.15) is 42.6 Å². The molecule has 1 aliphatic rings. The van der Waals surface area contributed by atoms with E-state index in [1.54, 1.807) is 0 Å². The topological polar surface area (TPSA) is 17.1 Å². The maximum atomic E-state index is 11.5. The predicted octanol–water partition coefficient (Wildman–Crippen LogP) is 3.86. The van der Waals surface area contributed by atoms with E-state index in [-0.39, 0.29) is 5.78 Å². The average molecular weight is 200 g/mol. The molecule has 0 saturated heterocycles.